The fourth-order valence-electron chi connectivity index (χ4n) is 2.54. The van der Waals surface area contributed by atoms with Crippen LogP contribution in [0.5, 0.6) is 5.75 Å². The van der Waals surface area contributed by atoms with Gasteiger partial charge in [-0.2, -0.15) is 0 Å². The van der Waals surface area contributed by atoms with Crippen molar-refractivity contribution in [1.29, 1.82) is 0 Å². The fraction of sp³-hybridized carbons (Fsp3) is 0.471. The summed E-state index contributed by atoms with van der Waals surface area (Å²) in [5.41, 5.74) is 1.44. The van der Waals surface area contributed by atoms with Gasteiger partial charge in [-0.25, -0.2) is 4.79 Å². The standard InChI is InChI=1S/C17H22O3/c1-12(2)17(10-8-13(3)9-11-17)20-16(19)14-4-6-15(18)7-5-14/h4-8,12,18H,9-11H2,1-3H3. The van der Waals surface area contributed by atoms with Crippen LogP contribution in [-0.4, -0.2) is 16.7 Å². The molecule has 0 saturated carbocycles. The van der Waals surface area contributed by atoms with E-state index in [-0.39, 0.29) is 17.6 Å². The summed E-state index contributed by atoms with van der Waals surface area (Å²) in [4.78, 5) is 12.3. The molecule has 0 fully saturated rings. The number of esters is 1. The van der Waals surface area contributed by atoms with E-state index in [4.69, 9.17) is 4.74 Å². The molecule has 0 aromatic heterocycles. The predicted molar refractivity (Wildman–Crippen MR) is 78.7 cm³/mol. The number of carbonyl (C=O) groups is 1. The Labute approximate surface area is 120 Å². The summed E-state index contributed by atoms with van der Waals surface area (Å²) in [5, 5.41) is 9.27. The highest BCUT2D eigenvalue weighted by molar-refractivity contribution is 5.89. The van der Waals surface area contributed by atoms with E-state index in [1.165, 1.54) is 17.7 Å². The number of ether oxygens (including phenoxy) is 1. The Morgan fingerprint density at radius 1 is 1.30 bits per heavy atom. The van der Waals surface area contributed by atoms with Crippen LogP contribution in [0.4, 0.5) is 0 Å². The SMILES string of the molecule is CC1=CCC(OC(=O)c2ccc(O)cc2)(C(C)C)CC1. The molecule has 0 radical (unpaired) electrons. The number of carbonyl (C=O) groups excluding carboxylic acids is 1. The first-order valence-corrected chi connectivity index (χ1v) is 7.11. The quantitative estimate of drug-likeness (QED) is 0.667. The van der Waals surface area contributed by atoms with E-state index in [1.807, 2.05) is 0 Å². The molecule has 3 nitrogen and oxygen atoms in total. The molecule has 1 atom stereocenters. The highest BCUT2D eigenvalue weighted by Crippen LogP contribution is 2.37. The number of phenolic OH excluding ortho intramolecular Hbond substituents is 1. The summed E-state index contributed by atoms with van der Waals surface area (Å²) >= 11 is 0. The minimum atomic E-state index is -0.408. The van der Waals surface area contributed by atoms with E-state index in [9.17, 15) is 9.90 Å². The summed E-state index contributed by atoms with van der Waals surface area (Å²) in [5.74, 6) is 0.107. The second-order valence-corrected chi connectivity index (χ2v) is 5.91. The van der Waals surface area contributed by atoms with E-state index in [0.29, 0.717) is 5.56 Å². The zero-order valence-electron chi connectivity index (χ0n) is 12.3. The third-order valence-electron chi connectivity index (χ3n) is 4.19. The molecule has 0 aliphatic heterocycles. The normalized spacial score (nSPS) is 22.5. The maximum absolute atomic E-state index is 12.3. The van der Waals surface area contributed by atoms with E-state index < -0.39 is 5.60 Å². The van der Waals surface area contributed by atoms with Gasteiger partial charge in [0.05, 0.1) is 5.56 Å². The Morgan fingerprint density at radius 3 is 2.45 bits per heavy atom. The first-order valence-electron chi connectivity index (χ1n) is 7.11. The van der Waals surface area contributed by atoms with Gasteiger partial charge in [-0.15, -0.1) is 0 Å². The van der Waals surface area contributed by atoms with Crippen molar-refractivity contribution in [3.8, 4) is 5.75 Å². The second-order valence-electron chi connectivity index (χ2n) is 5.91. The topological polar surface area (TPSA) is 46.5 Å². The number of benzene rings is 1. The summed E-state index contributed by atoms with van der Waals surface area (Å²) in [6.07, 6.45) is 4.80. The van der Waals surface area contributed by atoms with Crippen molar-refractivity contribution in [3.63, 3.8) is 0 Å². The number of rotatable bonds is 3. The van der Waals surface area contributed by atoms with Crippen molar-refractivity contribution >= 4 is 5.97 Å². The molecule has 0 spiro atoms. The Kier molecular flexibility index (Phi) is 4.17. The maximum atomic E-state index is 12.3. The van der Waals surface area contributed by atoms with Crippen molar-refractivity contribution < 1.29 is 14.6 Å². The van der Waals surface area contributed by atoms with Crippen LogP contribution in [0.15, 0.2) is 35.9 Å². The third kappa shape index (κ3) is 3.03. The average molecular weight is 274 g/mol. The number of phenols is 1. The van der Waals surface area contributed by atoms with Gasteiger partial charge in [-0.3, -0.25) is 0 Å². The molecule has 0 saturated heterocycles. The molecule has 2 rings (SSSR count). The van der Waals surface area contributed by atoms with Gasteiger partial charge >= 0.3 is 5.97 Å². The van der Waals surface area contributed by atoms with Crippen LogP contribution >= 0.6 is 0 Å². The van der Waals surface area contributed by atoms with Gasteiger partial charge in [0, 0.05) is 6.42 Å². The van der Waals surface area contributed by atoms with E-state index in [1.54, 1.807) is 12.1 Å². The molecule has 0 heterocycles. The molecular weight excluding hydrogens is 252 g/mol. The van der Waals surface area contributed by atoms with E-state index in [0.717, 1.165) is 19.3 Å². The van der Waals surface area contributed by atoms with Gasteiger partial charge in [0.15, 0.2) is 0 Å². The molecule has 1 unspecified atom stereocenters. The first kappa shape index (κ1) is 14.6. The van der Waals surface area contributed by atoms with Crippen LogP contribution in [0.25, 0.3) is 0 Å². The van der Waals surface area contributed by atoms with E-state index >= 15 is 0 Å². The second kappa shape index (κ2) is 5.70. The minimum absolute atomic E-state index is 0.149. The van der Waals surface area contributed by atoms with Crippen molar-refractivity contribution in [2.45, 2.75) is 45.6 Å². The monoisotopic (exact) mass is 274 g/mol. The molecule has 108 valence electrons. The molecule has 1 aromatic carbocycles. The zero-order valence-corrected chi connectivity index (χ0v) is 12.3. The van der Waals surface area contributed by atoms with Gasteiger partial charge in [0.1, 0.15) is 11.4 Å². The summed E-state index contributed by atoms with van der Waals surface area (Å²) < 4.78 is 5.85. The van der Waals surface area contributed by atoms with Crippen molar-refractivity contribution in [2.75, 3.05) is 0 Å². The Morgan fingerprint density at radius 2 is 1.95 bits per heavy atom. The van der Waals surface area contributed by atoms with Crippen LogP contribution in [-0.2, 0) is 4.74 Å². The molecule has 1 aliphatic carbocycles. The van der Waals surface area contributed by atoms with Crippen molar-refractivity contribution in [1.82, 2.24) is 0 Å². The lowest BCUT2D eigenvalue weighted by molar-refractivity contribution is -0.0495. The molecule has 1 N–H and O–H groups in total. The van der Waals surface area contributed by atoms with Crippen LogP contribution in [0.2, 0.25) is 0 Å². The highest BCUT2D eigenvalue weighted by Gasteiger charge is 2.38. The predicted octanol–water partition coefficient (Wildman–Crippen LogP) is 4.07. The van der Waals surface area contributed by atoms with Gasteiger partial charge in [0.25, 0.3) is 0 Å². The lowest BCUT2D eigenvalue weighted by Gasteiger charge is -2.39. The van der Waals surface area contributed by atoms with Crippen molar-refractivity contribution in [2.24, 2.45) is 5.92 Å². The molecule has 0 bridgehead atoms. The fourth-order valence-corrected chi connectivity index (χ4v) is 2.54. The minimum Gasteiger partial charge on any atom is -0.508 e. The van der Waals surface area contributed by atoms with Gasteiger partial charge in [-0.1, -0.05) is 25.5 Å². The van der Waals surface area contributed by atoms with E-state index in [2.05, 4.69) is 26.8 Å². The Bertz CT molecular complexity index is 514. The average Bonchev–Trinajstić information content (AvgIpc) is 2.42. The molecule has 20 heavy (non-hydrogen) atoms. The maximum Gasteiger partial charge on any atom is 0.338 e. The van der Waals surface area contributed by atoms with Crippen LogP contribution < -0.4 is 0 Å². The summed E-state index contributed by atoms with van der Waals surface area (Å²) in [6.45, 7) is 6.31. The Hall–Kier alpha value is -1.77. The largest absolute Gasteiger partial charge is 0.508 e. The number of allylic oxidation sites excluding steroid dienone is 1. The van der Waals surface area contributed by atoms with Crippen molar-refractivity contribution in [3.05, 3.63) is 41.5 Å². The lowest BCUT2D eigenvalue weighted by atomic mass is 9.78. The lowest BCUT2D eigenvalue weighted by Crippen LogP contribution is -2.41. The van der Waals surface area contributed by atoms with Gasteiger partial charge < -0.3 is 9.84 Å². The third-order valence-corrected chi connectivity index (χ3v) is 4.19. The zero-order chi connectivity index (χ0) is 14.8. The van der Waals surface area contributed by atoms with Crippen LogP contribution in [0.1, 0.15) is 50.4 Å². The smallest absolute Gasteiger partial charge is 0.338 e. The Balaban J connectivity index is 2.17. The van der Waals surface area contributed by atoms with Gasteiger partial charge in [0.2, 0.25) is 0 Å². The first-order chi connectivity index (χ1) is 9.43. The van der Waals surface area contributed by atoms with Crippen LogP contribution in [0.3, 0.4) is 0 Å². The molecule has 3 heteroatoms. The molecular formula is C17H22O3. The summed E-state index contributed by atoms with van der Waals surface area (Å²) in [7, 11) is 0. The number of hydrogen-bond donors (Lipinski definition) is 1. The summed E-state index contributed by atoms with van der Waals surface area (Å²) in [6, 6.07) is 6.19. The molecule has 1 aliphatic rings. The molecule has 0 amide bonds. The molecule has 1 aromatic rings. The van der Waals surface area contributed by atoms with Crippen LogP contribution in [0, 0.1) is 5.92 Å². The highest BCUT2D eigenvalue weighted by atomic mass is 16.6. The number of hydrogen-bond acceptors (Lipinski definition) is 3. The van der Waals surface area contributed by atoms with Gasteiger partial charge in [-0.05, 0) is 49.9 Å². The number of aromatic hydroxyl groups is 1.